The van der Waals surface area contributed by atoms with Gasteiger partial charge in [0.05, 0.1) is 5.92 Å². The summed E-state index contributed by atoms with van der Waals surface area (Å²) in [6.07, 6.45) is 11.6. The molecule has 2 saturated heterocycles. The Labute approximate surface area is 266 Å². The van der Waals surface area contributed by atoms with Crippen molar-refractivity contribution in [2.75, 3.05) is 39.8 Å². The zero-order valence-electron chi connectivity index (χ0n) is 27.2. The largest absolute Gasteiger partial charge is 0.339 e. The highest BCUT2D eigenvalue weighted by atomic mass is 19.3. The number of piperidine rings is 1. The fourth-order valence-electron chi connectivity index (χ4n) is 9.03. The van der Waals surface area contributed by atoms with E-state index in [1.165, 1.54) is 38.5 Å². The van der Waals surface area contributed by atoms with E-state index in [1.807, 2.05) is 6.92 Å². The van der Waals surface area contributed by atoms with Crippen LogP contribution in [0.2, 0.25) is 0 Å². The molecule has 11 heteroatoms. The summed E-state index contributed by atoms with van der Waals surface area (Å²) in [4.78, 5) is 24.7. The Hall–Kier alpha value is -1.88. The molecule has 6 aliphatic rings. The first kappa shape index (κ1) is 31.7. The van der Waals surface area contributed by atoms with Gasteiger partial charge in [-0.2, -0.15) is 4.98 Å². The van der Waals surface area contributed by atoms with Crippen molar-refractivity contribution in [3.8, 4) is 0 Å². The van der Waals surface area contributed by atoms with E-state index in [0.717, 1.165) is 38.4 Å². The molecular formula is C34H53F3N6O2. The minimum absolute atomic E-state index is 0.181. The lowest BCUT2D eigenvalue weighted by molar-refractivity contribution is -0.0936. The van der Waals surface area contributed by atoms with Crippen LogP contribution in [-0.4, -0.2) is 101 Å². The number of halogens is 3. The van der Waals surface area contributed by atoms with E-state index in [-0.39, 0.29) is 18.4 Å². The molecule has 2 amide bonds. The van der Waals surface area contributed by atoms with Crippen molar-refractivity contribution < 1.29 is 22.5 Å². The van der Waals surface area contributed by atoms with Gasteiger partial charge < -0.3 is 19.6 Å². The Morgan fingerprint density at radius 1 is 1.00 bits per heavy atom. The van der Waals surface area contributed by atoms with Crippen molar-refractivity contribution in [2.45, 2.75) is 138 Å². The number of amides is 2. The van der Waals surface area contributed by atoms with Crippen LogP contribution in [-0.2, 0) is 5.41 Å². The smallest absolute Gasteiger partial charge is 0.317 e. The van der Waals surface area contributed by atoms with Gasteiger partial charge in [-0.05, 0) is 82.6 Å². The molecule has 1 unspecified atom stereocenters. The monoisotopic (exact) mass is 634 g/mol. The van der Waals surface area contributed by atoms with Gasteiger partial charge in [-0.1, -0.05) is 37.8 Å². The topological polar surface area (TPSA) is 77.7 Å². The van der Waals surface area contributed by atoms with Gasteiger partial charge in [0.15, 0.2) is 5.82 Å². The normalized spacial score (nSPS) is 35.8. The van der Waals surface area contributed by atoms with Crippen LogP contribution in [0.3, 0.4) is 0 Å². The maximum Gasteiger partial charge on any atom is 0.317 e. The fraction of sp³-hybridized carbons (Fsp3) is 0.912. The van der Waals surface area contributed by atoms with E-state index in [0.29, 0.717) is 74.8 Å². The maximum atomic E-state index is 15.8. The van der Waals surface area contributed by atoms with Crippen LogP contribution in [0, 0.1) is 17.8 Å². The number of hydrogen-bond donors (Lipinski definition) is 1. The standard InChI is InChI=1S/C34H53F3N6O2/c1-33(31-39-30(45-40-31)26-19-27(26)35)13-16-42(17-14-33)32(44)38-29-28(8-5-12-34(29,36)37)43-15-11-25(41(2)20-22-9-10-22)18-24(21-43)23-6-3-4-7-23/h22-29H,3-21H2,1-2H3,(H,38,44)/t24?,25-,26+,27-,28-,29+/m0/s1. The lowest BCUT2D eigenvalue weighted by Crippen LogP contribution is -2.64. The Morgan fingerprint density at radius 3 is 2.42 bits per heavy atom. The molecule has 1 aromatic heterocycles. The first-order valence-corrected chi connectivity index (χ1v) is 18.0. The third-order valence-corrected chi connectivity index (χ3v) is 12.5. The van der Waals surface area contributed by atoms with E-state index in [2.05, 4.69) is 32.3 Å². The zero-order valence-corrected chi connectivity index (χ0v) is 27.2. The second-order valence-corrected chi connectivity index (χ2v) is 15.9. The molecule has 4 saturated carbocycles. The summed E-state index contributed by atoms with van der Waals surface area (Å²) in [5.74, 6) is -0.296. The van der Waals surface area contributed by atoms with E-state index in [4.69, 9.17) is 4.52 Å². The summed E-state index contributed by atoms with van der Waals surface area (Å²) in [7, 11) is 2.27. The minimum Gasteiger partial charge on any atom is -0.339 e. The van der Waals surface area contributed by atoms with Crippen LogP contribution in [0.15, 0.2) is 4.52 Å². The summed E-state index contributed by atoms with van der Waals surface area (Å²) in [5.41, 5.74) is -0.402. The van der Waals surface area contributed by atoms with Gasteiger partial charge in [0.25, 0.3) is 5.92 Å². The van der Waals surface area contributed by atoms with Gasteiger partial charge in [-0.3, -0.25) is 4.90 Å². The van der Waals surface area contributed by atoms with Crippen molar-refractivity contribution in [1.29, 1.82) is 0 Å². The summed E-state index contributed by atoms with van der Waals surface area (Å²) < 4.78 is 50.4. The van der Waals surface area contributed by atoms with Gasteiger partial charge in [0.2, 0.25) is 5.89 Å². The molecule has 1 aromatic rings. The molecule has 0 bridgehead atoms. The Balaban J connectivity index is 1.02. The number of nitrogens with one attached hydrogen (secondary N) is 1. The van der Waals surface area contributed by atoms with Crippen LogP contribution in [0.5, 0.6) is 0 Å². The van der Waals surface area contributed by atoms with E-state index in [9.17, 15) is 9.18 Å². The molecule has 3 heterocycles. The average Bonchev–Trinajstić information content (AvgIpc) is 3.85. The van der Waals surface area contributed by atoms with Crippen LogP contribution in [0.1, 0.15) is 114 Å². The number of carbonyl (C=O) groups is 1. The number of rotatable bonds is 8. The van der Waals surface area contributed by atoms with Crippen LogP contribution in [0.25, 0.3) is 0 Å². The number of nitrogens with zero attached hydrogens (tertiary/aromatic N) is 5. The minimum atomic E-state index is -2.95. The van der Waals surface area contributed by atoms with E-state index < -0.39 is 29.6 Å². The lowest BCUT2D eigenvalue weighted by atomic mass is 9.79. The predicted octanol–water partition coefficient (Wildman–Crippen LogP) is 6.13. The van der Waals surface area contributed by atoms with Crippen LogP contribution < -0.4 is 5.32 Å². The summed E-state index contributed by atoms with van der Waals surface area (Å²) in [6, 6.07) is -1.45. The number of carbonyl (C=O) groups excluding carboxylic acids is 1. The van der Waals surface area contributed by atoms with Crippen molar-refractivity contribution in [1.82, 2.24) is 30.2 Å². The molecule has 0 spiro atoms. The Morgan fingerprint density at radius 2 is 1.73 bits per heavy atom. The molecule has 4 aliphatic carbocycles. The van der Waals surface area contributed by atoms with Crippen molar-refractivity contribution in [3.63, 3.8) is 0 Å². The second-order valence-electron chi connectivity index (χ2n) is 15.9. The highest BCUT2D eigenvalue weighted by Crippen LogP contribution is 2.44. The molecular weight excluding hydrogens is 581 g/mol. The number of alkyl halides is 3. The molecule has 7 rings (SSSR count). The first-order chi connectivity index (χ1) is 21.6. The van der Waals surface area contributed by atoms with Gasteiger partial charge in [0.1, 0.15) is 12.2 Å². The van der Waals surface area contributed by atoms with Gasteiger partial charge >= 0.3 is 6.03 Å². The van der Waals surface area contributed by atoms with E-state index in [1.54, 1.807) is 4.90 Å². The highest BCUT2D eigenvalue weighted by Gasteiger charge is 2.51. The Kier molecular flexibility index (Phi) is 8.89. The maximum absolute atomic E-state index is 15.8. The summed E-state index contributed by atoms with van der Waals surface area (Å²) in [5, 5.41) is 7.04. The highest BCUT2D eigenvalue weighted by molar-refractivity contribution is 5.75. The fourth-order valence-corrected chi connectivity index (χ4v) is 9.03. The lowest BCUT2D eigenvalue weighted by Gasteiger charge is -2.46. The molecule has 6 fully saturated rings. The van der Waals surface area contributed by atoms with Crippen LogP contribution in [0.4, 0.5) is 18.0 Å². The average molecular weight is 635 g/mol. The van der Waals surface area contributed by atoms with Gasteiger partial charge in [-0.25, -0.2) is 18.0 Å². The third kappa shape index (κ3) is 6.90. The number of hydrogen-bond acceptors (Lipinski definition) is 6. The molecule has 6 atom stereocenters. The van der Waals surface area contributed by atoms with Crippen molar-refractivity contribution >= 4 is 6.03 Å². The molecule has 2 aliphatic heterocycles. The molecule has 252 valence electrons. The molecule has 8 nitrogen and oxygen atoms in total. The zero-order chi connectivity index (χ0) is 31.3. The first-order valence-electron chi connectivity index (χ1n) is 18.0. The van der Waals surface area contributed by atoms with Crippen molar-refractivity contribution in [3.05, 3.63) is 11.7 Å². The molecule has 1 N–H and O–H groups in total. The summed E-state index contributed by atoms with van der Waals surface area (Å²) in [6.45, 7) is 5.72. The Bertz CT molecular complexity index is 1180. The third-order valence-electron chi connectivity index (χ3n) is 12.5. The van der Waals surface area contributed by atoms with Gasteiger partial charge in [0, 0.05) is 56.6 Å². The number of likely N-dealkylation sites (tertiary alicyclic amines) is 2. The van der Waals surface area contributed by atoms with Gasteiger partial charge in [-0.15, -0.1) is 0 Å². The predicted molar refractivity (Wildman–Crippen MR) is 165 cm³/mol. The second kappa shape index (κ2) is 12.6. The molecule has 0 aromatic carbocycles. The SMILES string of the molecule is CN(CC1CC1)[C@H]1CCN([C@H]2CCCC(F)(F)[C@@H]2NC(=O)N2CCC(C)(c3noc([C@@H]4C[C@@H]4F)n3)CC2)CC(C2CCCC2)C1. The molecule has 0 radical (unpaired) electrons. The number of aromatic nitrogens is 2. The number of urea groups is 1. The van der Waals surface area contributed by atoms with Crippen LogP contribution >= 0.6 is 0 Å². The summed E-state index contributed by atoms with van der Waals surface area (Å²) >= 11 is 0. The van der Waals surface area contributed by atoms with Crippen molar-refractivity contribution in [2.24, 2.45) is 17.8 Å². The van der Waals surface area contributed by atoms with E-state index >= 15 is 8.78 Å². The molecule has 45 heavy (non-hydrogen) atoms. The quantitative estimate of drug-likeness (QED) is 0.371.